The third-order valence-corrected chi connectivity index (χ3v) is 19.8. The van der Waals surface area contributed by atoms with Crippen molar-refractivity contribution in [2.45, 2.75) is 115 Å². The van der Waals surface area contributed by atoms with Gasteiger partial charge in [-0.05, 0) is 108 Å². The molecular weight excluding hydrogens is 573 g/mol. The summed E-state index contributed by atoms with van der Waals surface area (Å²) in [7, 11) is -0.320. The van der Waals surface area contributed by atoms with Crippen LogP contribution in [0.5, 0.6) is 5.75 Å². The lowest BCUT2D eigenvalue weighted by Gasteiger charge is -2.51. The van der Waals surface area contributed by atoms with Gasteiger partial charge in [0.25, 0.3) is 0 Å². The molecular formula is C40H54O4Si. The zero-order valence-electron chi connectivity index (χ0n) is 28.7. The largest absolute Gasteiger partial charge is 0.547 e. The molecule has 7 aliphatic rings. The van der Waals surface area contributed by atoms with Crippen LogP contribution in [0.4, 0.5) is 0 Å². The fourth-order valence-corrected chi connectivity index (χ4v) is 13.7. The van der Waals surface area contributed by atoms with E-state index in [2.05, 4.69) is 77.2 Å². The van der Waals surface area contributed by atoms with Gasteiger partial charge in [-0.3, -0.25) is 9.59 Å². The highest BCUT2D eigenvalue weighted by atomic mass is 28.4. The van der Waals surface area contributed by atoms with E-state index in [1.165, 1.54) is 42.6 Å². The average molecular weight is 627 g/mol. The molecule has 1 aromatic rings. The molecule has 4 nitrogen and oxygen atoms in total. The summed E-state index contributed by atoms with van der Waals surface area (Å²) in [4.78, 5) is 30.1. The van der Waals surface area contributed by atoms with Crippen molar-refractivity contribution in [3.05, 3.63) is 53.3 Å². The van der Waals surface area contributed by atoms with Crippen LogP contribution < -0.4 is 4.74 Å². The molecule has 0 radical (unpaired) electrons. The zero-order chi connectivity index (χ0) is 31.7. The molecule has 0 N–H and O–H groups in total. The zero-order valence-corrected chi connectivity index (χ0v) is 29.7. The van der Waals surface area contributed by atoms with Crippen LogP contribution in [0.2, 0.25) is 18.1 Å². The SMILES string of the molecule is COc1ccc([C@@]23C=C[C@]4(CCCC[C@@]42C)[C@H]2[C@@H]4C(=O)[C@@H]5[C@@H](CC(O[Si](C)(C)C(C)(C)C)=C6CCCC[C@@H]65)[C@@H]4CC(=O)[C@H]23)cc1. The summed E-state index contributed by atoms with van der Waals surface area (Å²) >= 11 is 0. The van der Waals surface area contributed by atoms with Gasteiger partial charge in [0, 0.05) is 36.0 Å². The van der Waals surface area contributed by atoms with Gasteiger partial charge in [0.15, 0.2) is 0 Å². The minimum absolute atomic E-state index is 0.0133. The third-order valence-electron chi connectivity index (χ3n) is 15.5. The van der Waals surface area contributed by atoms with E-state index in [0.717, 1.165) is 37.9 Å². The second-order valence-electron chi connectivity index (χ2n) is 17.8. The Hall–Kier alpha value is -2.14. The number of hydrogen-bond acceptors (Lipinski definition) is 4. The summed E-state index contributed by atoms with van der Waals surface area (Å²) in [5.74, 6) is 3.78. The molecule has 7 aliphatic carbocycles. The van der Waals surface area contributed by atoms with Gasteiger partial charge in [-0.2, -0.15) is 0 Å². The Labute approximate surface area is 271 Å². The maximum atomic E-state index is 15.2. The molecule has 0 aliphatic heterocycles. The van der Waals surface area contributed by atoms with Crippen LogP contribution in [-0.2, 0) is 19.4 Å². The molecule has 2 bridgehead atoms. The lowest BCUT2D eigenvalue weighted by Crippen LogP contribution is -2.50. The summed E-state index contributed by atoms with van der Waals surface area (Å²) in [6, 6.07) is 8.59. The van der Waals surface area contributed by atoms with E-state index in [-0.39, 0.29) is 56.8 Å². The van der Waals surface area contributed by atoms with Crippen molar-refractivity contribution in [2.75, 3.05) is 7.11 Å². The Bertz CT molecular complexity index is 1500. The minimum Gasteiger partial charge on any atom is -0.547 e. The molecule has 45 heavy (non-hydrogen) atoms. The summed E-state index contributed by atoms with van der Waals surface area (Å²) in [6.07, 6.45) is 15.6. The molecule has 10 atom stereocenters. The van der Waals surface area contributed by atoms with Gasteiger partial charge in [-0.1, -0.05) is 71.2 Å². The number of methoxy groups -OCH3 is 1. The Morgan fingerprint density at radius 2 is 1.60 bits per heavy atom. The standard InChI is InChI=1S/C40H54O4Si/c1-37(2,3)45(6,7)44-31-23-29-28-22-30(41)34-35(33(28)36(42)32(29)27-13-9-8-12-26(27)31)39-19-11-10-18-38(39,4)40(34,21-20-39)24-14-16-25(43-5)17-15-24/h14-17,20-21,27-29,32-35H,8-13,18-19,22-23H2,1-7H3/t27-,28-,29-,32-,33+,34+,35-,38-,39+,40+/m0/s1. The summed E-state index contributed by atoms with van der Waals surface area (Å²) in [6.45, 7) is 14.2. The third kappa shape index (κ3) is 3.66. The normalized spacial score (nSPS) is 43.4. The smallest absolute Gasteiger partial charge is 0.250 e. The molecule has 0 saturated heterocycles. The first-order chi connectivity index (χ1) is 21.3. The Morgan fingerprint density at radius 3 is 2.31 bits per heavy atom. The van der Waals surface area contributed by atoms with E-state index in [1.54, 1.807) is 7.11 Å². The highest BCUT2D eigenvalue weighted by Gasteiger charge is 2.81. The van der Waals surface area contributed by atoms with Crippen molar-refractivity contribution in [1.29, 1.82) is 0 Å². The number of rotatable bonds is 4. The predicted octanol–water partition coefficient (Wildman–Crippen LogP) is 9.21. The Kier molecular flexibility index (Phi) is 6.51. The van der Waals surface area contributed by atoms with Gasteiger partial charge >= 0.3 is 0 Å². The van der Waals surface area contributed by atoms with Gasteiger partial charge in [0.05, 0.1) is 12.9 Å². The van der Waals surface area contributed by atoms with Crippen LogP contribution >= 0.6 is 0 Å². The molecule has 5 fully saturated rings. The van der Waals surface area contributed by atoms with Crippen molar-refractivity contribution in [2.24, 2.45) is 52.3 Å². The van der Waals surface area contributed by atoms with E-state index in [1.807, 2.05) is 0 Å². The topological polar surface area (TPSA) is 52.6 Å². The number of Topliss-reactive ketones (excluding diaryl/α,β-unsaturated/α-hetero) is 2. The van der Waals surface area contributed by atoms with Crippen LogP contribution in [0, 0.1) is 52.3 Å². The predicted molar refractivity (Wildman–Crippen MR) is 180 cm³/mol. The summed E-state index contributed by atoms with van der Waals surface area (Å²) in [5.41, 5.74) is 2.21. The van der Waals surface area contributed by atoms with Crippen molar-refractivity contribution in [3.63, 3.8) is 0 Å². The van der Waals surface area contributed by atoms with E-state index in [9.17, 15) is 4.79 Å². The van der Waals surface area contributed by atoms with Crippen molar-refractivity contribution in [3.8, 4) is 5.75 Å². The number of ketones is 2. The number of benzene rings is 1. The highest BCUT2D eigenvalue weighted by Crippen LogP contribution is 2.82. The first-order valence-corrected chi connectivity index (χ1v) is 21.0. The molecule has 0 heterocycles. The van der Waals surface area contributed by atoms with Crippen LogP contribution in [-0.4, -0.2) is 27.0 Å². The average Bonchev–Trinajstić information content (AvgIpc) is 3.53. The number of ether oxygens (including phenoxy) is 1. The molecule has 1 aromatic carbocycles. The van der Waals surface area contributed by atoms with Gasteiger partial charge in [0.2, 0.25) is 8.32 Å². The van der Waals surface area contributed by atoms with Crippen molar-refractivity contribution >= 4 is 19.9 Å². The Morgan fingerprint density at radius 1 is 0.889 bits per heavy atom. The maximum absolute atomic E-state index is 15.2. The number of allylic oxidation sites excluding steroid dienone is 4. The quantitative estimate of drug-likeness (QED) is 0.247. The number of hydrogen-bond donors (Lipinski definition) is 0. The second-order valence-corrected chi connectivity index (χ2v) is 22.6. The second kappa shape index (κ2) is 9.70. The van der Waals surface area contributed by atoms with Crippen LogP contribution in [0.25, 0.3) is 0 Å². The first-order valence-electron chi connectivity index (χ1n) is 18.1. The monoisotopic (exact) mass is 626 g/mol. The van der Waals surface area contributed by atoms with Crippen LogP contribution in [0.1, 0.15) is 97.5 Å². The van der Waals surface area contributed by atoms with E-state index in [4.69, 9.17) is 9.16 Å². The Balaban J connectivity index is 1.24. The first kappa shape index (κ1) is 30.2. The lowest BCUT2D eigenvalue weighted by molar-refractivity contribution is -0.138. The molecule has 5 heteroatoms. The molecule has 0 unspecified atom stereocenters. The van der Waals surface area contributed by atoms with Crippen molar-refractivity contribution < 1.29 is 18.8 Å². The number of carbonyl (C=O) groups is 2. The van der Waals surface area contributed by atoms with Crippen LogP contribution in [0.15, 0.2) is 47.7 Å². The highest BCUT2D eigenvalue weighted by molar-refractivity contribution is 6.74. The van der Waals surface area contributed by atoms with Crippen molar-refractivity contribution in [1.82, 2.24) is 0 Å². The molecule has 242 valence electrons. The summed E-state index contributed by atoms with van der Waals surface area (Å²) in [5, 5.41) is 0.124. The fraction of sp³-hybridized carbons (Fsp3) is 0.700. The van der Waals surface area contributed by atoms with Gasteiger partial charge in [-0.15, -0.1) is 0 Å². The van der Waals surface area contributed by atoms with Gasteiger partial charge in [0.1, 0.15) is 17.3 Å². The summed E-state index contributed by atoms with van der Waals surface area (Å²) < 4.78 is 12.7. The number of fused-ring (bicyclic) bond motifs is 8. The molecule has 8 rings (SSSR count). The maximum Gasteiger partial charge on any atom is 0.250 e. The minimum atomic E-state index is -2.04. The molecule has 0 spiro atoms. The van der Waals surface area contributed by atoms with E-state index in [0.29, 0.717) is 23.9 Å². The van der Waals surface area contributed by atoms with E-state index >= 15 is 4.79 Å². The van der Waals surface area contributed by atoms with E-state index < -0.39 is 8.32 Å². The molecule has 0 amide bonds. The molecule has 0 aromatic heterocycles. The van der Waals surface area contributed by atoms with Crippen LogP contribution in [0.3, 0.4) is 0 Å². The van der Waals surface area contributed by atoms with Gasteiger partial charge < -0.3 is 9.16 Å². The molecule has 5 saturated carbocycles. The van der Waals surface area contributed by atoms with Gasteiger partial charge in [-0.25, -0.2) is 0 Å². The fourth-order valence-electron chi connectivity index (χ4n) is 12.6. The number of carbonyl (C=O) groups excluding carboxylic acids is 2. The lowest BCUT2D eigenvalue weighted by atomic mass is 9.52.